The molecular formula is C18H16N4. The molecule has 4 heteroatoms. The summed E-state index contributed by atoms with van der Waals surface area (Å²) in [5.74, 6) is 0.574. The zero-order valence-electron chi connectivity index (χ0n) is 12.3. The number of nitriles is 1. The summed E-state index contributed by atoms with van der Waals surface area (Å²) >= 11 is 0. The molecule has 1 heterocycles. The minimum absolute atomic E-state index is 0.474. The maximum absolute atomic E-state index is 9.39. The van der Waals surface area contributed by atoms with Crippen molar-refractivity contribution in [2.75, 3.05) is 5.32 Å². The normalized spacial score (nSPS) is 11.4. The van der Waals surface area contributed by atoms with Crippen molar-refractivity contribution in [1.29, 1.82) is 5.26 Å². The number of aromatic nitrogens is 2. The first-order valence-corrected chi connectivity index (χ1v) is 7.21. The van der Waals surface area contributed by atoms with Crippen molar-refractivity contribution in [2.24, 2.45) is 0 Å². The van der Waals surface area contributed by atoms with E-state index in [2.05, 4.69) is 34.3 Å². The Morgan fingerprint density at radius 1 is 1.23 bits per heavy atom. The van der Waals surface area contributed by atoms with E-state index in [9.17, 15) is 5.26 Å². The summed E-state index contributed by atoms with van der Waals surface area (Å²) in [4.78, 5) is 7.62. The third-order valence-electron chi connectivity index (χ3n) is 3.54. The number of hydrogen-bond acceptors (Lipinski definition) is 3. The molecule has 3 rings (SSSR count). The molecular weight excluding hydrogens is 272 g/mol. The SMILES string of the molecule is CCc1ccccc1NC=C(C#N)c1nc2ccccc2[nH]1. The zero-order chi connectivity index (χ0) is 15.4. The molecule has 0 aliphatic carbocycles. The molecule has 0 saturated heterocycles. The fourth-order valence-electron chi connectivity index (χ4n) is 2.35. The highest BCUT2D eigenvalue weighted by Crippen LogP contribution is 2.19. The Morgan fingerprint density at radius 2 is 2.00 bits per heavy atom. The predicted molar refractivity (Wildman–Crippen MR) is 89.1 cm³/mol. The Bertz CT molecular complexity index is 835. The Balaban J connectivity index is 1.92. The van der Waals surface area contributed by atoms with Gasteiger partial charge in [0.15, 0.2) is 5.82 Å². The second-order valence-electron chi connectivity index (χ2n) is 4.93. The lowest BCUT2D eigenvalue weighted by Crippen LogP contribution is -1.96. The van der Waals surface area contributed by atoms with Gasteiger partial charge in [0, 0.05) is 11.9 Å². The average Bonchev–Trinajstić information content (AvgIpc) is 2.99. The van der Waals surface area contributed by atoms with Crippen LogP contribution in [0.5, 0.6) is 0 Å². The van der Waals surface area contributed by atoms with E-state index in [-0.39, 0.29) is 0 Å². The van der Waals surface area contributed by atoms with Crippen molar-refractivity contribution in [3.8, 4) is 6.07 Å². The van der Waals surface area contributed by atoms with Crippen molar-refractivity contribution in [2.45, 2.75) is 13.3 Å². The molecule has 4 nitrogen and oxygen atoms in total. The Kier molecular flexibility index (Phi) is 3.88. The monoisotopic (exact) mass is 288 g/mol. The van der Waals surface area contributed by atoms with Crippen LogP contribution in [0.25, 0.3) is 16.6 Å². The van der Waals surface area contributed by atoms with Crippen molar-refractivity contribution in [3.63, 3.8) is 0 Å². The van der Waals surface area contributed by atoms with Gasteiger partial charge in [-0.2, -0.15) is 5.26 Å². The van der Waals surface area contributed by atoms with Gasteiger partial charge in [-0.05, 0) is 30.2 Å². The number of aryl methyl sites for hydroxylation is 1. The molecule has 2 N–H and O–H groups in total. The largest absolute Gasteiger partial charge is 0.360 e. The quantitative estimate of drug-likeness (QED) is 0.710. The Hall–Kier alpha value is -3.06. The second-order valence-corrected chi connectivity index (χ2v) is 4.93. The lowest BCUT2D eigenvalue weighted by atomic mass is 10.1. The van der Waals surface area contributed by atoms with Gasteiger partial charge in [0.25, 0.3) is 0 Å². The van der Waals surface area contributed by atoms with Gasteiger partial charge in [0.2, 0.25) is 0 Å². The molecule has 0 aliphatic rings. The number of fused-ring (bicyclic) bond motifs is 1. The highest BCUT2D eigenvalue weighted by Gasteiger charge is 2.07. The number of nitrogens with one attached hydrogen (secondary N) is 2. The van der Waals surface area contributed by atoms with Crippen LogP contribution in [0.1, 0.15) is 18.3 Å². The third-order valence-corrected chi connectivity index (χ3v) is 3.54. The van der Waals surface area contributed by atoms with Gasteiger partial charge in [-0.3, -0.25) is 0 Å². The molecule has 2 aromatic carbocycles. The average molecular weight is 288 g/mol. The molecule has 0 saturated carbocycles. The number of H-pyrrole nitrogens is 1. The number of para-hydroxylation sites is 3. The Labute approximate surface area is 129 Å². The van der Waals surface area contributed by atoms with Crippen LogP contribution in [0.3, 0.4) is 0 Å². The summed E-state index contributed by atoms with van der Waals surface area (Å²) < 4.78 is 0. The van der Waals surface area contributed by atoms with E-state index in [1.165, 1.54) is 5.56 Å². The summed E-state index contributed by atoms with van der Waals surface area (Å²) in [6, 6.07) is 18.0. The number of aromatic amines is 1. The fraction of sp³-hybridized carbons (Fsp3) is 0.111. The number of anilines is 1. The van der Waals surface area contributed by atoms with E-state index >= 15 is 0 Å². The van der Waals surface area contributed by atoms with Gasteiger partial charge in [0.05, 0.1) is 11.0 Å². The van der Waals surface area contributed by atoms with Crippen molar-refractivity contribution >= 4 is 22.3 Å². The van der Waals surface area contributed by atoms with E-state index in [1.807, 2.05) is 42.5 Å². The van der Waals surface area contributed by atoms with Crippen LogP contribution in [0.4, 0.5) is 5.69 Å². The molecule has 0 unspecified atom stereocenters. The number of nitrogens with zero attached hydrogens (tertiary/aromatic N) is 2. The first-order valence-electron chi connectivity index (χ1n) is 7.21. The first-order chi connectivity index (χ1) is 10.8. The van der Waals surface area contributed by atoms with Crippen molar-refractivity contribution < 1.29 is 0 Å². The van der Waals surface area contributed by atoms with Crippen LogP contribution in [0, 0.1) is 11.3 Å². The fourth-order valence-corrected chi connectivity index (χ4v) is 2.35. The van der Waals surface area contributed by atoms with Gasteiger partial charge in [-0.15, -0.1) is 0 Å². The molecule has 0 amide bonds. The molecule has 0 radical (unpaired) electrons. The molecule has 0 atom stereocenters. The molecule has 0 aliphatic heterocycles. The lowest BCUT2D eigenvalue weighted by molar-refractivity contribution is 1.14. The molecule has 22 heavy (non-hydrogen) atoms. The summed E-state index contributed by atoms with van der Waals surface area (Å²) in [6.07, 6.45) is 2.63. The molecule has 1 aromatic heterocycles. The highest BCUT2D eigenvalue weighted by atomic mass is 14.9. The van der Waals surface area contributed by atoms with E-state index in [0.29, 0.717) is 11.4 Å². The first kappa shape index (κ1) is 13.9. The predicted octanol–water partition coefficient (Wildman–Crippen LogP) is 4.10. The third kappa shape index (κ3) is 2.70. The molecule has 3 aromatic rings. The van der Waals surface area contributed by atoms with Gasteiger partial charge in [-0.25, -0.2) is 4.98 Å². The summed E-state index contributed by atoms with van der Waals surface area (Å²) in [5.41, 5.74) is 4.47. The van der Waals surface area contributed by atoms with Crippen LogP contribution >= 0.6 is 0 Å². The van der Waals surface area contributed by atoms with Crippen LogP contribution in [-0.2, 0) is 6.42 Å². The molecule has 0 spiro atoms. The summed E-state index contributed by atoms with van der Waals surface area (Å²) in [5, 5.41) is 12.6. The summed E-state index contributed by atoms with van der Waals surface area (Å²) in [6.45, 7) is 2.11. The number of benzene rings is 2. The van der Waals surface area contributed by atoms with Crippen LogP contribution in [0.15, 0.2) is 54.7 Å². The Morgan fingerprint density at radius 3 is 2.77 bits per heavy atom. The molecule has 108 valence electrons. The van der Waals surface area contributed by atoms with Crippen molar-refractivity contribution in [3.05, 3.63) is 66.1 Å². The van der Waals surface area contributed by atoms with E-state index < -0.39 is 0 Å². The number of imidazole rings is 1. The van der Waals surface area contributed by atoms with Gasteiger partial charge in [-0.1, -0.05) is 37.3 Å². The van der Waals surface area contributed by atoms with Gasteiger partial charge in [0.1, 0.15) is 11.6 Å². The van der Waals surface area contributed by atoms with Gasteiger partial charge >= 0.3 is 0 Å². The standard InChI is InChI=1S/C18H16N4/c1-2-13-7-3-4-8-15(13)20-12-14(11-19)18-21-16-9-5-6-10-17(16)22-18/h3-10,12,20H,2H2,1H3,(H,21,22). The van der Waals surface area contributed by atoms with Crippen molar-refractivity contribution in [1.82, 2.24) is 9.97 Å². The number of allylic oxidation sites excluding steroid dienone is 1. The van der Waals surface area contributed by atoms with Gasteiger partial charge < -0.3 is 10.3 Å². The maximum atomic E-state index is 9.39. The molecule has 0 fully saturated rings. The zero-order valence-corrected chi connectivity index (χ0v) is 12.3. The summed E-state index contributed by atoms with van der Waals surface area (Å²) in [7, 11) is 0. The van der Waals surface area contributed by atoms with E-state index in [1.54, 1.807) is 6.20 Å². The number of rotatable bonds is 4. The molecule has 0 bridgehead atoms. The minimum Gasteiger partial charge on any atom is -0.360 e. The van der Waals surface area contributed by atoms with Crippen LogP contribution in [-0.4, -0.2) is 9.97 Å². The highest BCUT2D eigenvalue weighted by molar-refractivity contribution is 5.82. The van der Waals surface area contributed by atoms with E-state index in [0.717, 1.165) is 23.1 Å². The lowest BCUT2D eigenvalue weighted by Gasteiger charge is -2.07. The topological polar surface area (TPSA) is 64.5 Å². The van der Waals surface area contributed by atoms with Crippen LogP contribution in [0.2, 0.25) is 0 Å². The minimum atomic E-state index is 0.474. The maximum Gasteiger partial charge on any atom is 0.150 e. The van der Waals surface area contributed by atoms with Crippen LogP contribution < -0.4 is 5.32 Å². The smallest absolute Gasteiger partial charge is 0.150 e. The second kappa shape index (κ2) is 6.15. The van der Waals surface area contributed by atoms with E-state index in [4.69, 9.17) is 0 Å². The number of hydrogen-bond donors (Lipinski definition) is 2.